The molecular formula is C13H25N5O2. The van der Waals surface area contributed by atoms with E-state index in [1.54, 1.807) is 0 Å². The first-order valence-corrected chi connectivity index (χ1v) is 6.78. The van der Waals surface area contributed by atoms with Gasteiger partial charge in [-0.05, 0) is 26.4 Å². The number of aromatic nitrogens is 3. The van der Waals surface area contributed by atoms with Crippen LogP contribution in [0.2, 0.25) is 0 Å². The van der Waals surface area contributed by atoms with E-state index in [1.807, 2.05) is 14.1 Å². The van der Waals surface area contributed by atoms with Crippen LogP contribution in [-0.4, -0.2) is 45.9 Å². The molecule has 0 saturated carbocycles. The Hall–Kier alpha value is -1.63. The second-order valence-electron chi connectivity index (χ2n) is 5.85. The molecule has 1 aromatic heterocycles. The lowest BCUT2D eigenvalue weighted by Gasteiger charge is -2.24. The summed E-state index contributed by atoms with van der Waals surface area (Å²) in [5.41, 5.74) is -0.811. The lowest BCUT2D eigenvalue weighted by atomic mass is 10.0. The summed E-state index contributed by atoms with van der Waals surface area (Å²) >= 11 is 0. The van der Waals surface area contributed by atoms with Crippen molar-refractivity contribution in [2.45, 2.75) is 26.3 Å². The predicted octanol–water partition coefficient (Wildman–Crippen LogP) is -0.133. The van der Waals surface area contributed by atoms with Gasteiger partial charge in [0.1, 0.15) is 0 Å². The highest BCUT2D eigenvalue weighted by Crippen LogP contribution is 2.09. The minimum absolute atomic E-state index is 0.114. The molecular weight excluding hydrogens is 258 g/mol. The SMILES string of the molecule is CC(C)CC(CN(C)C)Nc1nn(C)c(=O)n(C)c1=O. The van der Waals surface area contributed by atoms with E-state index >= 15 is 0 Å². The molecule has 1 rings (SSSR count). The largest absolute Gasteiger partial charge is 0.360 e. The van der Waals surface area contributed by atoms with Gasteiger partial charge >= 0.3 is 5.69 Å². The van der Waals surface area contributed by atoms with Gasteiger partial charge in [0.25, 0.3) is 5.56 Å². The van der Waals surface area contributed by atoms with Crippen LogP contribution in [0.4, 0.5) is 5.82 Å². The van der Waals surface area contributed by atoms with E-state index < -0.39 is 5.69 Å². The zero-order chi connectivity index (χ0) is 15.4. The average molecular weight is 283 g/mol. The number of likely N-dealkylation sites (N-methyl/N-ethyl adjacent to an activating group) is 1. The van der Waals surface area contributed by atoms with E-state index in [4.69, 9.17) is 0 Å². The molecule has 1 unspecified atom stereocenters. The molecule has 0 fully saturated rings. The first kappa shape index (κ1) is 16.4. The molecule has 0 aliphatic heterocycles. The van der Waals surface area contributed by atoms with Crippen molar-refractivity contribution in [1.82, 2.24) is 19.2 Å². The highest BCUT2D eigenvalue weighted by atomic mass is 16.2. The zero-order valence-electron chi connectivity index (χ0n) is 13.2. The summed E-state index contributed by atoms with van der Waals surface area (Å²) in [6, 6.07) is 0.114. The van der Waals surface area contributed by atoms with Crippen molar-refractivity contribution < 1.29 is 0 Å². The molecule has 0 aliphatic carbocycles. The molecule has 0 spiro atoms. The zero-order valence-corrected chi connectivity index (χ0v) is 13.2. The van der Waals surface area contributed by atoms with Crippen LogP contribution in [0.1, 0.15) is 20.3 Å². The van der Waals surface area contributed by atoms with Crippen LogP contribution in [-0.2, 0) is 14.1 Å². The number of rotatable bonds is 6. The van der Waals surface area contributed by atoms with Gasteiger partial charge in [-0.3, -0.25) is 9.36 Å². The van der Waals surface area contributed by atoms with Crippen LogP contribution in [0.5, 0.6) is 0 Å². The highest BCUT2D eigenvalue weighted by molar-refractivity contribution is 5.31. The molecule has 0 amide bonds. The van der Waals surface area contributed by atoms with E-state index in [-0.39, 0.29) is 17.4 Å². The van der Waals surface area contributed by atoms with Gasteiger partial charge in [-0.1, -0.05) is 13.8 Å². The summed E-state index contributed by atoms with van der Waals surface area (Å²) in [4.78, 5) is 25.7. The van der Waals surface area contributed by atoms with Crippen molar-refractivity contribution >= 4 is 5.82 Å². The Morgan fingerprint density at radius 1 is 1.25 bits per heavy atom. The van der Waals surface area contributed by atoms with Crippen LogP contribution in [0, 0.1) is 5.92 Å². The second kappa shape index (κ2) is 6.69. The number of hydrogen-bond acceptors (Lipinski definition) is 5. The molecule has 1 N–H and O–H groups in total. The van der Waals surface area contributed by atoms with E-state index in [9.17, 15) is 9.59 Å². The van der Waals surface area contributed by atoms with Gasteiger partial charge < -0.3 is 10.2 Å². The molecule has 0 aliphatic rings. The Morgan fingerprint density at radius 2 is 1.85 bits per heavy atom. The summed E-state index contributed by atoms with van der Waals surface area (Å²) in [7, 11) is 6.97. The Kier molecular flexibility index (Phi) is 5.50. The van der Waals surface area contributed by atoms with Crippen LogP contribution in [0.15, 0.2) is 9.59 Å². The fourth-order valence-corrected chi connectivity index (χ4v) is 2.17. The number of nitrogens with one attached hydrogen (secondary N) is 1. The molecule has 7 nitrogen and oxygen atoms in total. The maximum Gasteiger partial charge on any atom is 0.346 e. The lowest BCUT2D eigenvalue weighted by molar-refractivity contribution is 0.355. The van der Waals surface area contributed by atoms with Gasteiger partial charge in [0.2, 0.25) is 5.82 Å². The molecule has 1 atom stereocenters. The van der Waals surface area contributed by atoms with E-state index in [2.05, 4.69) is 29.2 Å². The maximum absolute atomic E-state index is 12.1. The number of nitrogens with zero attached hydrogens (tertiary/aromatic N) is 4. The Bertz CT molecular complexity index is 549. The van der Waals surface area contributed by atoms with Crippen molar-refractivity contribution in [3.05, 3.63) is 20.8 Å². The molecule has 1 heterocycles. The number of aryl methyl sites for hydroxylation is 1. The predicted molar refractivity (Wildman–Crippen MR) is 80.1 cm³/mol. The van der Waals surface area contributed by atoms with Crippen LogP contribution >= 0.6 is 0 Å². The van der Waals surface area contributed by atoms with E-state index in [1.165, 1.54) is 18.8 Å². The minimum atomic E-state index is -0.423. The van der Waals surface area contributed by atoms with Crippen LogP contribution < -0.4 is 16.6 Å². The van der Waals surface area contributed by atoms with Gasteiger partial charge in [0.15, 0.2) is 0 Å². The molecule has 0 saturated heterocycles. The van der Waals surface area contributed by atoms with Gasteiger partial charge in [-0.15, -0.1) is 5.10 Å². The number of hydrogen-bond donors (Lipinski definition) is 1. The molecule has 0 radical (unpaired) electrons. The molecule has 1 aromatic rings. The van der Waals surface area contributed by atoms with Gasteiger partial charge in [-0.2, -0.15) is 0 Å². The second-order valence-corrected chi connectivity index (χ2v) is 5.85. The van der Waals surface area contributed by atoms with Crippen molar-refractivity contribution in [3.63, 3.8) is 0 Å². The fraction of sp³-hybridized carbons (Fsp3) is 0.769. The quantitative estimate of drug-likeness (QED) is 0.787. The average Bonchev–Trinajstić information content (AvgIpc) is 2.31. The summed E-state index contributed by atoms with van der Waals surface area (Å²) < 4.78 is 2.24. The van der Waals surface area contributed by atoms with Crippen LogP contribution in [0.25, 0.3) is 0 Å². The van der Waals surface area contributed by atoms with Gasteiger partial charge in [-0.25, -0.2) is 9.48 Å². The summed E-state index contributed by atoms with van der Waals surface area (Å²) in [5.74, 6) is 0.728. The number of anilines is 1. The molecule has 20 heavy (non-hydrogen) atoms. The summed E-state index contributed by atoms with van der Waals surface area (Å²) in [5, 5.41) is 7.20. The van der Waals surface area contributed by atoms with E-state index in [0.717, 1.165) is 17.5 Å². The molecule has 0 bridgehead atoms. The summed E-state index contributed by atoms with van der Waals surface area (Å²) in [6.45, 7) is 5.07. The Balaban J connectivity index is 3.05. The maximum atomic E-state index is 12.1. The van der Waals surface area contributed by atoms with Crippen molar-refractivity contribution in [2.75, 3.05) is 26.0 Å². The van der Waals surface area contributed by atoms with Crippen molar-refractivity contribution in [2.24, 2.45) is 20.0 Å². The Labute approximate surface area is 119 Å². The lowest BCUT2D eigenvalue weighted by Crippen LogP contribution is -2.42. The highest BCUT2D eigenvalue weighted by Gasteiger charge is 2.16. The normalized spacial score (nSPS) is 13.0. The van der Waals surface area contributed by atoms with Gasteiger partial charge in [0.05, 0.1) is 0 Å². The smallest absolute Gasteiger partial charge is 0.346 e. The molecule has 7 heteroatoms. The topological polar surface area (TPSA) is 72.2 Å². The third kappa shape index (κ3) is 4.19. The monoisotopic (exact) mass is 283 g/mol. The first-order valence-electron chi connectivity index (χ1n) is 6.78. The Morgan fingerprint density at radius 3 is 2.35 bits per heavy atom. The third-order valence-corrected chi connectivity index (χ3v) is 3.00. The summed E-state index contributed by atoms with van der Waals surface area (Å²) in [6.07, 6.45) is 0.922. The first-order chi connectivity index (χ1) is 9.22. The van der Waals surface area contributed by atoms with Gasteiger partial charge in [0, 0.05) is 26.7 Å². The van der Waals surface area contributed by atoms with E-state index in [0.29, 0.717) is 5.92 Å². The standard InChI is InChI=1S/C13H25N5O2/c1-9(2)7-10(8-16(3)4)14-11-12(19)17(5)13(20)18(6)15-11/h9-10H,7-8H2,1-6H3,(H,14,15). The minimum Gasteiger partial charge on any atom is -0.360 e. The molecule has 0 aromatic carbocycles. The van der Waals surface area contributed by atoms with Crippen LogP contribution in [0.3, 0.4) is 0 Å². The van der Waals surface area contributed by atoms with Crippen molar-refractivity contribution in [1.29, 1.82) is 0 Å². The van der Waals surface area contributed by atoms with Crippen molar-refractivity contribution in [3.8, 4) is 0 Å². The fourth-order valence-electron chi connectivity index (χ4n) is 2.17. The third-order valence-electron chi connectivity index (χ3n) is 3.00. The molecule has 114 valence electrons.